The second kappa shape index (κ2) is 6.37. The second-order valence-corrected chi connectivity index (χ2v) is 5.58. The van der Waals surface area contributed by atoms with Gasteiger partial charge in [0.25, 0.3) is 0 Å². The summed E-state index contributed by atoms with van der Waals surface area (Å²) in [6.07, 6.45) is 9.25. The average molecular weight is 278 g/mol. The van der Waals surface area contributed by atoms with Crippen LogP contribution in [0.25, 0.3) is 0 Å². The number of piperidine rings is 1. The van der Waals surface area contributed by atoms with Gasteiger partial charge in [0.2, 0.25) is 5.91 Å². The van der Waals surface area contributed by atoms with Crippen molar-refractivity contribution in [3.8, 4) is 0 Å². The molecule has 3 heterocycles. The first-order chi connectivity index (χ1) is 9.81. The highest BCUT2D eigenvalue weighted by Crippen LogP contribution is 2.15. The van der Waals surface area contributed by atoms with Crippen molar-refractivity contribution in [1.82, 2.24) is 15.1 Å². The van der Waals surface area contributed by atoms with E-state index in [4.69, 9.17) is 4.74 Å². The van der Waals surface area contributed by atoms with Gasteiger partial charge >= 0.3 is 0 Å². The fourth-order valence-corrected chi connectivity index (χ4v) is 2.83. The summed E-state index contributed by atoms with van der Waals surface area (Å²) >= 11 is 0. The van der Waals surface area contributed by atoms with E-state index < -0.39 is 0 Å². The molecule has 2 N–H and O–H groups in total. The molecule has 0 spiro atoms. The van der Waals surface area contributed by atoms with Gasteiger partial charge in [0.15, 0.2) is 0 Å². The zero-order chi connectivity index (χ0) is 13.8. The summed E-state index contributed by atoms with van der Waals surface area (Å²) in [5.41, 5.74) is 0.764. The lowest BCUT2D eigenvalue weighted by atomic mass is 10.0. The van der Waals surface area contributed by atoms with Crippen LogP contribution in [0.2, 0.25) is 0 Å². The fraction of sp³-hybridized carbons (Fsp3) is 0.714. The smallest absolute Gasteiger partial charge is 0.241 e. The summed E-state index contributed by atoms with van der Waals surface area (Å²) in [4.78, 5) is 12.1. The van der Waals surface area contributed by atoms with Crippen molar-refractivity contribution >= 4 is 11.6 Å². The SMILES string of the molecule is O=C(Nc1cnn(CC2CCCO2)c1)C1CCCCN1. The zero-order valence-electron chi connectivity index (χ0n) is 11.7. The van der Waals surface area contributed by atoms with Crippen molar-refractivity contribution in [2.45, 2.75) is 50.8 Å². The Kier molecular flexibility index (Phi) is 4.32. The van der Waals surface area contributed by atoms with Crippen molar-refractivity contribution in [2.75, 3.05) is 18.5 Å². The average Bonchev–Trinajstić information content (AvgIpc) is 3.12. The van der Waals surface area contributed by atoms with E-state index in [1.54, 1.807) is 6.20 Å². The van der Waals surface area contributed by atoms with Crippen LogP contribution in [0.3, 0.4) is 0 Å². The Morgan fingerprint density at radius 1 is 1.45 bits per heavy atom. The zero-order valence-corrected chi connectivity index (χ0v) is 11.7. The molecule has 2 atom stereocenters. The molecule has 6 heteroatoms. The molecule has 2 saturated heterocycles. The van der Waals surface area contributed by atoms with Gasteiger partial charge in [-0.2, -0.15) is 5.10 Å². The first-order valence-electron chi connectivity index (χ1n) is 7.49. The molecule has 0 aromatic carbocycles. The van der Waals surface area contributed by atoms with Gasteiger partial charge in [0, 0.05) is 12.8 Å². The molecule has 6 nitrogen and oxygen atoms in total. The number of anilines is 1. The Morgan fingerprint density at radius 2 is 2.40 bits per heavy atom. The van der Waals surface area contributed by atoms with Gasteiger partial charge in [-0.15, -0.1) is 0 Å². The van der Waals surface area contributed by atoms with Crippen LogP contribution in [0.15, 0.2) is 12.4 Å². The van der Waals surface area contributed by atoms with E-state index in [0.717, 1.165) is 57.5 Å². The number of carbonyl (C=O) groups is 1. The largest absolute Gasteiger partial charge is 0.376 e. The molecular formula is C14H22N4O2. The predicted octanol–water partition coefficient (Wildman–Crippen LogP) is 1.14. The highest BCUT2D eigenvalue weighted by molar-refractivity contribution is 5.94. The minimum Gasteiger partial charge on any atom is -0.376 e. The van der Waals surface area contributed by atoms with Crippen LogP contribution in [0, 0.1) is 0 Å². The van der Waals surface area contributed by atoms with Gasteiger partial charge in [0.05, 0.1) is 30.6 Å². The van der Waals surface area contributed by atoms with Crippen LogP contribution < -0.4 is 10.6 Å². The Labute approximate surface area is 118 Å². The molecule has 2 aliphatic heterocycles. The molecule has 3 rings (SSSR count). The van der Waals surface area contributed by atoms with Gasteiger partial charge in [0.1, 0.15) is 0 Å². The topological polar surface area (TPSA) is 68.2 Å². The van der Waals surface area contributed by atoms with Gasteiger partial charge in [-0.05, 0) is 32.2 Å². The summed E-state index contributed by atoms with van der Waals surface area (Å²) < 4.78 is 7.43. The summed E-state index contributed by atoms with van der Waals surface area (Å²) in [7, 11) is 0. The maximum absolute atomic E-state index is 12.1. The molecule has 2 aliphatic rings. The predicted molar refractivity (Wildman–Crippen MR) is 75.5 cm³/mol. The second-order valence-electron chi connectivity index (χ2n) is 5.58. The molecule has 110 valence electrons. The number of amides is 1. The Morgan fingerprint density at radius 3 is 3.15 bits per heavy atom. The van der Waals surface area contributed by atoms with E-state index in [-0.39, 0.29) is 18.1 Å². The molecule has 2 unspecified atom stereocenters. The molecule has 2 fully saturated rings. The van der Waals surface area contributed by atoms with Crippen LogP contribution >= 0.6 is 0 Å². The highest BCUT2D eigenvalue weighted by atomic mass is 16.5. The third-order valence-corrected chi connectivity index (χ3v) is 3.94. The third kappa shape index (κ3) is 3.37. The molecular weight excluding hydrogens is 256 g/mol. The van der Waals surface area contributed by atoms with Crippen LogP contribution in [-0.4, -0.2) is 41.0 Å². The molecule has 1 aromatic heterocycles. The van der Waals surface area contributed by atoms with E-state index in [2.05, 4.69) is 15.7 Å². The maximum atomic E-state index is 12.1. The van der Waals surface area contributed by atoms with Crippen LogP contribution in [0.1, 0.15) is 32.1 Å². The normalized spacial score (nSPS) is 26.6. The molecule has 1 amide bonds. The first kappa shape index (κ1) is 13.6. The lowest BCUT2D eigenvalue weighted by molar-refractivity contribution is -0.118. The monoisotopic (exact) mass is 278 g/mol. The minimum absolute atomic E-state index is 0.0429. The van der Waals surface area contributed by atoms with Crippen LogP contribution in [-0.2, 0) is 16.1 Å². The van der Waals surface area contributed by atoms with E-state index in [1.807, 2.05) is 10.9 Å². The molecule has 0 saturated carbocycles. The van der Waals surface area contributed by atoms with Crippen LogP contribution in [0.4, 0.5) is 5.69 Å². The summed E-state index contributed by atoms with van der Waals surface area (Å²) in [6.45, 7) is 2.54. The van der Waals surface area contributed by atoms with E-state index in [0.29, 0.717) is 0 Å². The summed E-state index contributed by atoms with van der Waals surface area (Å²) in [5.74, 6) is 0.0429. The number of aromatic nitrogens is 2. The quantitative estimate of drug-likeness (QED) is 0.866. The maximum Gasteiger partial charge on any atom is 0.241 e. The molecule has 1 aromatic rings. The standard InChI is InChI=1S/C14H22N4O2/c19-14(13-5-1-2-6-15-13)17-11-8-16-18(9-11)10-12-4-3-7-20-12/h8-9,12-13,15H,1-7,10H2,(H,17,19). The number of nitrogens with one attached hydrogen (secondary N) is 2. The van der Waals surface area contributed by atoms with Gasteiger partial charge in [-0.25, -0.2) is 0 Å². The van der Waals surface area contributed by atoms with Gasteiger partial charge in [-0.1, -0.05) is 6.42 Å². The number of hydrogen-bond donors (Lipinski definition) is 2. The van der Waals surface area contributed by atoms with Crippen LogP contribution in [0.5, 0.6) is 0 Å². The third-order valence-electron chi connectivity index (χ3n) is 3.94. The molecule has 0 aliphatic carbocycles. The molecule has 20 heavy (non-hydrogen) atoms. The van der Waals surface area contributed by atoms with Crippen molar-refractivity contribution in [1.29, 1.82) is 0 Å². The van der Waals surface area contributed by atoms with Crippen molar-refractivity contribution in [2.24, 2.45) is 0 Å². The Balaban J connectivity index is 1.52. The fourth-order valence-electron chi connectivity index (χ4n) is 2.83. The van der Waals surface area contributed by atoms with Gasteiger partial charge in [-0.3, -0.25) is 9.48 Å². The van der Waals surface area contributed by atoms with Gasteiger partial charge < -0.3 is 15.4 Å². The van der Waals surface area contributed by atoms with Crippen molar-refractivity contribution < 1.29 is 9.53 Å². The lowest BCUT2D eigenvalue weighted by Crippen LogP contribution is -2.43. The Hall–Kier alpha value is -1.40. The molecule has 0 bridgehead atoms. The van der Waals surface area contributed by atoms with E-state index in [9.17, 15) is 4.79 Å². The number of nitrogens with zero attached hydrogens (tertiary/aromatic N) is 2. The van der Waals surface area contributed by atoms with E-state index >= 15 is 0 Å². The lowest BCUT2D eigenvalue weighted by Gasteiger charge is -2.22. The molecule has 0 radical (unpaired) electrons. The van der Waals surface area contributed by atoms with Crippen molar-refractivity contribution in [3.05, 3.63) is 12.4 Å². The highest BCUT2D eigenvalue weighted by Gasteiger charge is 2.21. The Bertz CT molecular complexity index is 448. The first-order valence-corrected chi connectivity index (χ1v) is 7.49. The number of ether oxygens (including phenoxy) is 1. The summed E-state index contributed by atoms with van der Waals surface area (Å²) in [6, 6.07) is -0.0646. The van der Waals surface area contributed by atoms with E-state index in [1.165, 1.54) is 0 Å². The summed E-state index contributed by atoms with van der Waals surface area (Å²) in [5, 5.41) is 10.5. The minimum atomic E-state index is -0.0646. The number of carbonyl (C=O) groups excluding carboxylic acids is 1. The van der Waals surface area contributed by atoms with Crippen molar-refractivity contribution in [3.63, 3.8) is 0 Å². The number of rotatable bonds is 4. The number of hydrogen-bond acceptors (Lipinski definition) is 4.